The third-order valence-electron chi connectivity index (χ3n) is 3.80. The van der Waals surface area contributed by atoms with Crippen molar-refractivity contribution in [3.63, 3.8) is 0 Å². The number of carbonyl (C=O) groups is 2. The van der Waals surface area contributed by atoms with Gasteiger partial charge in [-0.05, 0) is 26.2 Å². The van der Waals surface area contributed by atoms with Crippen molar-refractivity contribution in [3.05, 3.63) is 0 Å². The first-order valence-corrected chi connectivity index (χ1v) is 8.49. The summed E-state index contributed by atoms with van der Waals surface area (Å²) in [5, 5.41) is 5.56. The molecule has 1 fully saturated rings. The molecule has 134 valence electrons. The quantitative estimate of drug-likeness (QED) is 0.768. The minimum Gasteiger partial charge on any atom is -0.373 e. The van der Waals surface area contributed by atoms with Gasteiger partial charge in [-0.1, -0.05) is 20.8 Å². The Morgan fingerprint density at radius 3 is 2.22 bits per heavy atom. The van der Waals surface area contributed by atoms with Gasteiger partial charge in [-0.15, -0.1) is 0 Å². The summed E-state index contributed by atoms with van der Waals surface area (Å²) in [6, 6.07) is 0.248. The number of hydrogen-bond donors (Lipinski definition) is 2. The molecule has 0 aromatic rings. The highest BCUT2D eigenvalue weighted by molar-refractivity contribution is 5.84. The second-order valence-electron chi connectivity index (χ2n) is 7.88. The van der Waals surface area contributed by atoms with Gasteiger partial charge in [0.2, 0.25) is 11.8 Å². The van der Waals surface area contributed by atoms with Crippen LogP contribution in [-0.4, -0.2) is 61.1 Å². The lowest BCUT2D eigenvalue weighted by molar-refractivity contribution is -0.127. The molecule has 0 aliphatic carbocycles. The van der Waals surface area contributed by atoms with Crippen LogP contribution < -0.4 is 10.6 Å². The van der Waals surface area contributed by atoms with E-state index >= 15 is 0 Å². The first kappa shape index (κ1) is 19.9. The maximum Gasteiger partial charge on any atom is 0.239 e. The molecule has 6 nitrogen and oxygen atoms in total. The molecule has 1 saturated heterocycles. The highest BCUT2D eigenvalue weighted by atomic mass is 16.5. The zero-order valence-electron chi connectivity index (χ0n) is 15.4. The molecular formula is C17H33N3O3. The summed E-state index contributed by atoms with van der Waals surface area (Å²) in [4.78, 5) is 25.9. The number of amides is 2. The number of nitrogens with one attached hydrogen (secondary N) is 2. The first-order valence-electron chi connectivity index (χ1n) is 8.49. The molecular weight excluding hydrogens is 294 g/mol. The maximum atomic E-state index is 11.9. The molecule has 1 aliphatic heterocycles. The molecule has 23 heavy (non-hydrogen) atoms. The van der Waals surface area contributed by atoms with Gasteiger partial charge in [-0.3, -0.25) is 14.5 Å². The van der Waals surface area contributed by atoms with Gasteiger partial charge in [0.1, 0.15) is 0 Å². The largest absolute Gasteiger partial charge is 0.373 e. The van der Waals surface area contributed by atoms with E-state index in [1.165, 1.54) is 0 Å². The summed E-state index contributed by atoms with van der Waals surface area (Å²) in [6.45, 7) is 14.6. The van der Waals surface area contributed by atoms with Crippen LogP contribution in [-0.2, 0) is 14.3 Å². The Morgan fingerprint density at radius 2 is 1.70 bits per heavy atom. The van der Waals surface area contributed by atoms with Crippen molar-refractivity contribution in [2.24, 2.45) is 5.41 Å². The van der Waals surface area contributed by atoms with Crippen molar-refractivity contribution < 1.29 is 14.3 Å². The predicted molar refractivity (Wildman–Crippen MR) is 91.1 cm³/mol. The SMILES string of the molecule is C[C@@H]1CN([C@H](C)CNC(=O)CNC(=O)CC(C)(C)C)C[C@@H](C)O1. The average Bonchev–Trinajstić information content (AvgIpc) is 2.39. The van der Waals surface area contributed by atoms with Crippen molar-refractivity contribution in [2.45, 2.75) is 66.2 Å². The molecule has 0 bridgehead atoms. The van der Waals surface area contributed by atoms with Gasteiger partial charge in [-0.25, -0.2) is 0 Å². The Hall–Kier alpha value is -1.14. The average molecular weight is 327 g/mol. The lowest BCUT2D eigenvalue weighted by Crippen LogP contribution is -2.52. The number of hydrogen-bond acceptors (Lipinski definition) is 4. The minimum atomic E-state index is -0.145. The van der Waals surface area contributed by atoms with Crippen molar-refractivity contribution in [2.75, 3.05) is 26.2 Å². The van der Waals surface area contributed by atoms with E-state index in [9.17, 15) is 9.59 Å². The molecule has 0 aromatic carbocycles. The fourth-order valence-corrected chi connectivity index (χ4v) is 2.75. The smallest absolute Gasteiger partial charge is 0.239 e. The van der Waals surface area contributed by atoms with Crippen LogP contribution in [0.5, 0.6) is 0 Å². The second kappa shape index (κ2) is 8.64. The first-order chi connectivity index (χ1) is 10.6. The third-order valence-corrected chi connectivity index (χ3v) is 3.80. The van der Waals surface area contributed by atoms with E-state index in [2.05, 4.69) is 36.3 Å². The zero-order chi connectivity index (χ0) is 17.6. The fraction of sp³-hybridized carbons (Fsp3) is 0.882. The molecule has 1 rings (SSSR count). The Labute approximate surface area is 140 Å². The van der Waals surface area contributed by atoms with Crippen molar-refractivity contribution in [1.29, 1.82) is 0 Å². The van der Waals surface area contributed by atoms with Gasteiger partial charge in [0.05, 0.1) is 18.8 Å². The van der Waals surface area contributed by atoms with Crippen LogP contribution in [0, 0.1) is 5.41 Å². The summed E-state index contributed by atoms with van der Waals surface area (Å²) in [6.07, 6.45) is 0.849. The van der Waals surface area contributed by atoms with E-state index in [4.69, 9.17) is 4.74 Å². The highest BCUT2D eigenvalue weighted by Crippen LogP contribution is 2.17. The molecule has 6 heteroatoms. The minimum absolute atomic E-state index is 0.0392. The summed E-state index contributed by atoms with van der Waals surface area (Å²) < 4.78 is 5.72. The fourth-order valence-electron chi connectivity index (χ4n) is 2.75. The summed E-state index contributed by atoms with van der Waals surface area (Å²) in [7, 11) is 0. The van der Waals surface area contributed by atoms with Crippen LogP contribution in [0.2, 0.25) is 0 Å². The van der Waals surface area contributed by atoms with E-state index in [0.29, 0.717) is 13.0 Å². The summed E-state index contributed by atoms with van der Waals surface area (Å²) in [5.74, 6) is -0.231. The number of nitrogens with zero attached hydrogens (tertiary/aromatic N) is 1. The van der Waals surface area contributed by atoms with E-state index in [1.54, 1.807) is 0 Å². The van der Waals surface area contributed by atoms with Crippen LogP contribution in [0.1, 0.15) is 48.0 Å². The number of rotatable bonds is 6. The molecule has 0 radical (unpaired) electrons. The molecule has 2 amide bonds. The van der Waals surface area contributed by atoms with E-state index < -0.39 is 0 Å². The predicted octanol–water partition coefficient (Wildman–Crippen LogP) is 1.15. The van der Waals surface area contributed by atoms with Gasteiger partial charge in [-0.2, -0.15) is 0 Å². The molecule has 0 saturated carbocycles. The van der Waals surface area contributed by atoms with Gasteiger partial charge >= 0.3 is 0 Å². The Bertz CT molecular complexity index is 396. The van der Waals surface area contributed by atoms with Crippen molar-refractivity contribution >= 4 is 11.8 Å². The third kappa shape index (κ3) is 8.32. The maximum absolute atomic E-state index is 11.9. The standard InChI is InChI=1S/C17H33N3O3/c1-12(20-10-13(2)23-14(3)11-20)8-18-16(22)9-19-15(21)7-17(4,5)6/h12-14H,7-11H2,1-6H3,(H,18,22)(H,19,21)/t12-,13-,14-/m1/s1. The van der Waals surface area contributed by atoms with Gasteiger partial charge < -0.3 is 15.4 Å². The number of ether oxygens (including phenoxy) is 1. The molecule has 0 aromatic heterocycles. The van der Waals surface area contributed by atoms with Crippen molar-refractivity contribution in [1.82, 2.24) is 15.5 Å². The second-order valence-corrected chi connectivity index (χ2v) is 7.88. The monoisotopic (exact) mass is 327 g/mol. The lowest BCUT2D eigenvalue weighted by Gasteiger charge is -2.39. The zero-order valence-corrected chi connectivity index (χ0v) is 15.4. The Morgan fingerprint density at radius 1 is 1.13 bits per heavy atom. The Kier molecular flexibility index (Phi) is 7.48. The van der Waals surface area contributed by atoms with E-state index in [1.807, 2.05) is 20.8 Å². The topological polar surface area (TPSA) is 70.7 Å². The van der Waals surface area contributed by atoms with E-state index in [0.717, 1.165) is 13.1 Å². The van der Waals surface area contributed by atoms with Crippen LogP contribution in [0.15, 0.2) is 0 Å². The molecule has 0 unspecified atom stereocenters. The van der Waals surface area contributed by atoms with Crippen molar-refractivity contribution in [3.8, 4) is 0 Å². The molecule has 1 aliphatic rings. The van der Waals surface area contributed by atoms with Crippen LogP contribution in [0.4, 0.5) is 0 Å². The van der Waals surface area contributed by atoms with E-state index in [-0.39, 0.29) is 42.0 Å². The molecule has 0 spiro atoms. The van der Waals surface area contributed by atoms with Gasteiger partial charge in [0.15, 0.2) is 0 Å². The summed E-state index contributed by atoms with van der Waals surface area (Å²) in [5.41, 5.74) is -0.0706. The number of carbonyl (C=O) groups excluding carboxylic acids is 2. The lowest BCUT2D eigenvalue weighted by atomic mass is 9.92. The van der Waals surface area contributed by atoms with Crippen LogP contribution in [0.25, 0.3) is 0 Å². The molecule has 1 heterocycles. The Balaban J connectivity index is 2.26. The highest BCUT2D eigenvalue weighted by Gasteiger charge is 2.25. The van der Waals surface area contributed by atoms with Gasteiger partial charge in [0, 0.05) is 32.1 Å². The van der Waals surface area contributed by atoms with Crippen LogP contribution in [0.3, 0.4) is 0 Å². The molecule has 3 atom stereocenters. The summed E-state index contributed by atoms with van der Waals surface area (Å²) >= 11 is 0. The van der Waals surface area contributed by atoms with Crippen LogP contribution >= 0.6 is 0 Å². The molecule has 2 N–H and O–H groups in total. The normalized spacial score (nSPS) is 24.1. The van der Waals surface area contributed by atoms with Gasteiger partial charge in [0.25, 0.3) is 0 Å². The number of morpholine rings is 1.